The lowest BCUT2D eigenvalue weighted by Crippen LogP contribution is -2.47. The van der Waals surface area contributed by atoms with Crippen LogP contribution in [0, 0.1) is 5.41 Å². The monoisotopic (exact) mass is 293 g/mol. The predicted octanol–water partition coefficient (Wildman–Crippen LogP) is 3.77. The summed E-state index contributed by atoms with van der Waals surface area (Å²) in [6, 6.07) is 3.47. The van der Waals surface area contributed by atoms with Crippen LogP contribution in [0.4, 0.5) is 0 Å². The Morgan fingerprint density at radius 2 is 1.88 bits per heavy atom. The lowest BCUT2D eigenvalue weighted by Gasteiger charge is -2.38. The zero-order valence-corrected chi connectivity index (χ0v) is 11.8. The van der Waals surface area contributed by atoms with E-state index in [0.29, 0.717) is 21.6 Å². The molecule has 0 amide bonds. The summed E-state index contributed by atoms with van der Waals surface area (Å²) in [6.07, 6.45) is 0. The molecule has 1 fully saturated rings. The van der Waals surface area contributed by atoms with E-state index < -0.39 is 0 Å². The Kier molecular flexibility index (Phi) is 4.22. The molecule has 0 saturated carbocycles. The maximum atomic E-state index is 6.12. The van der Waals surface area contributed by atoms with Crippen molar-refractivity contribution in [3.8, 4) is 0 Å². The van der Waals surface area contributed by atoms with Crippen molar-refractivity contribution in [2.24, 2.45) is 5.41 Å². The largest absolute Gasteiger partial charge is 0.380 e. The number of ether oxygens (including phenoxy) is 1. The van der Waals surface area contributed by atoms with Crippen LogP contribution >= 0.6 is 34.8 Å². The molecule has 0 spiro atoms. The summed E-state index contributed by atoms with van der Waals surface area (Å²) >= 11 is 18.2. The Bertz CT molecular complexity index is 418. The van der Waals surface area contributed by atoms with Crippen molar-refractivity contribution >= 4 is 34.8 Å². The molecule has 1 heterocycles. The van der Waals surface area contributed by atoms with Crippen molar-refractivity contribution in [2.45, 2.75) is 13.5 Å². The first-order valence-electron chi connectivity index (χ1n) is 5.43. The van der Waals surface area contributed by atoms with Crippen molar-refractivity contribution < 1.29 is 4.74 Å². The normalized spacial score (nSPS) is 17.9. The van der Waals surface area contributed by atoms with Gasteiger partial charge < -0.3 is 10.1 Å². The Labute approximate surface area is 116 Å². The van der Waals surface area contributed by atoms with Crippen LogP contribution in [-0.4, -0.2) is 19.8 Å². The highest BCUT2D eigenvalue weighted by atomic mass is 35.5. The number of hydrogen-bond acceptors (Lipinski definition) is 2. The topological polar surface area (TPSA) is 21.3 Å². The van der Waals surface area contributed by atoms with Gasteiger partial charge in [-0.25, -0.2) is 0 Å². The minimum atomic E-state index is 0.234. The van der Waals surface area contributed by atoms with E-state index in [1.54, 1.807) is 12.1 Å². The van der Waals surface area contributed by atoms with Crippen LogP contribution in [0.3, 0.4) is 0 Å². The molecule has 1 aromatic rings. The SMILES string of the molecule is CC1(CNCc2c(Cl)ccc(Cl)c2Cl)COC1. The molecule has 1 aliphatic heterocycles. The standard InChI is InChI=1S/C12H14Cl3NO/c1-12(6-17-7-12)5-16-4-8-9(13)2-3-10(14)11(8)15/h2-3,16H,4-7H2,1H3. The summed E-state index contributed by atoms with van der Waals surface area (Å²) in [5.74, 6) is 0. The first kappa shape index (κ1) is 13.4. The summed E-state index contributed by atoms with van der Waals surface area (Å²) in [4.78, 5) is 0. The summed E-state index contributed by atoms with van der Waals surface area (Å²) in [5.41, 5.74) is 1.09. The number of benzene rings is 1. The molecule has 0 aromatic heterocycles. The molecule has 0 atom stereocenters. The second-order valence-electron chi connectivity index (χ2n) is 4.73. The number of halogens is 3. The van der Waals surface area contributed by atoms with Crippen molar-refractivity contribution in [1.82, 2.24) is 5.32 Å². The fraction of sp³-hybridized carbons (Fsp3) is 0.500. The van der Waals surface area contributed by atoms with E-state index in [9.17, 15) is 0 Å². The molecule has 0 aliphatic carbocycles. The molecule has 2 nitrogen and oxygen atoms in total. The first-order valence-corrected chi connectivity index (χ1v) is 6.56. The second-order valence-corrected chi connectivity index (χ2v) is 5.92. The molecule has 2 rings (SSSR count). The average molecular weight is 295 g/mol. The summed E-state index contributed by atoms with van der Waals surface area (Å²) in [7, 11) is 0. The highest BCUT2D eigenvalue weighted by molar-refractivity contribution is 6.44. The fourth-order valence-electron chi connectivity index (χ4n) is 1.77. The highest BCUT2D eigenvalue weighted by Crippen LogP contribution is 2.31. The number of hydrogen-bond donors (Lipinski definition) is 1. The second kappa shape index (κ2) is 5.33. The molecule has 0 radical (unpaired) electrons. The van der Waals surface area contributed by atoms with E-state index in [2.05, 4.69) is 12.2 Å². The molecule has 1 aliphatic rings. The highest BCUT2D eigenvalue weighted by Gasteiger charge is 2.32. The zero-order chi connectivity index (χ0) is 12.5. The van der Waals surface area contributed by atoms with Gasteiger partial charge in [0.25, 0.3) is 0 Å². The Morgan fingerprint density at radius 3 is 2.47 bits per heavy atom. The quantitative estimate of drug-likeness (QED) is 0.854. The van der Waals surface area contributed by atoms with Gasteiger partial charge in [-0.2, -0.15) is 0 Å². The van der Waals surface area contributed by atoms with E-state index in [-0.39, 0.29) is 5.41 Å². The summed E-state index contributed by atoms with van der Waals surface area (Å²) in [6.45, 7) is 5.29. The Balaban J connectivity index is 1.96. The van der Waals surface area contributed by atoms with Crippen LogP contribution in [0.2, 0.25) is 15.1 Å². The van der Waals surface area contributed by atoms with Gasteiger partial charge in [-0.1, -0.05) is 41.7 Å². The van der Waals surface area contributed by atoms with Gasteiger partial charge in [-0.15, -0.1) is 0 Å². The van der Waals surface area contributed by atoms with Gasteiger partial charge in [0.1, 0.15) is 0 Å². The van der Waals surface area contributed by atoms with Crippen molar-refractivity contribution in [2.75, 3.05) is 19.8 Å². The molecular formula is C12H14Cl3NO. The molecule has 94 valence electrons. The minimum Gasteiger partial charge on any atom is -0.380 e. The third kappa shape index (κ3) is 3.07. The predicted molar refractivity (Wildman–Crippen MR) is 72.1 cm³/mol. The molecule has 0 unspecified atom stereocenters. The van der Waals surface area contributed by atoms with Crippen LogP contribution in [0.15, 0.2) is 12.1 Å². The molecule has 0 bridgehead atoms. The van der Waals surface area contributed by atoms with E-state index in [1.807, 2.05) is 0 Å². The van der Waals surface area contributed by atoms with Crippen LogP contribution in [0.25, 0.3) is 0 Å². The maximum Gasteiger partial charge on any atom is 0.0652 e. The minimum absolute atomic E-state index is 0.234. The van der Waals surface area contributed by atoms with Gasteiger partial charge in [0, 0.05) is 29.1 Å². The molecule has 1 saturated heterocycles. The smallest absolute Gasteiger partial charge is 0.0652 e. The molecular weight excluding hydrogens is 280 g/mol. The van der Waals surface area contributed by atoms with Gasteiger partial charge in [-0.05, 0) is 12.1 Å². The molecule has 17 heavy (non-hydrogen) atoms. The van der Waals surface area contributed by atoms with Crippen LogP contribution in [0.5, 0.6) is 0 Å². The van der Waals surface area contributed by atoms with E-state index in [4.69, 9.17) is 39.5 Å². The third-order valence-corrected chi connectivity index (χ3v) is 4.09. The lowest BCUT2D eigenvalue weighted by molar-refractivity contribution is -0.0991. The van der Waals surface area contributed by atoms with Gasteiger partial charge in [0.05, 0.1) is 23.3 Å². The van der Waals surface area contributed by atoms with Gasteiger partial charge in [-0.3, -0.25) is 0 Å². The van der Waals surface area contributed by atoms with Gasteiger partial charge in [0.15, 0.2) is 0 Å². The van der Waals surface area contributed by atoms with Crippen molar-refractivity contribution in [3.05, 3.63) is 32.8 Å². The van der Waals surface area contributed by atoms with E-state index in [1.165, 1.54) is 0 Å². The van der Waals surface area contributed by atoms with Crippen LogP contribution < -0.4 is 5.32 Å². The Hall–Kier alpha value is 0.01000. The van der Waals surface area contributed by atoms with Crippen LogP contribution in [0.1, 0.15) is 12.5 Å². The average Bonchev–Trinajstić information content (AvgIpc) is 2.26. The van der Waals surface area contributed by atoms with Crippen molar-refractivity contribution in [1.29, 1.82) is 0 Å². The molecule has 1 N–H and O–H groups in total. The zero-order valence-electron chi connectivity index (χ0n) is 9.53. The number of nitrogens with one attached hydrogen (secondary N) is 1. The van der Waals surface area contributed by atoms with E-state index in [0.717, 1.165) is 25.3 Å². The van der Waals surface area contributed by atoms with Crippen molar-refractivity contribution in [3.63, 3.8) is 0 Å². The summed E-state index contributed by atoms with van der Waals surface area (Å²) < 4.78 is 5.19. The summed E-state index contributed by atoms with van der Waals surface area (Å²) in [5, 5.41) is 5.05. The molecule has 1 aromatic carbocycles. The third-order valence-electron chi connectivity index (χ3n) is 2.89. The lowest BCUT2D eigenvalue weighted by atomic mass is 9.89. The fourth-order valence-corrected chi connectivity index (χ4v) is 2.45. The van der Waals surface area contributed by atoms with Crippen LogP contribution in [-0.2, 0) is 11.3 Å². The van der Waals surface area contributed by atoms with Gasteiger partial charge in [0.2, 0.25) is 0 Å². The molecule has 5 heteroatoms. The Morgan fingerprint density at radius 1 is 1.24 bits per heavy atom. The maximum absolute atomic E-state index is 6.12. The number of rotatable bonds is 4. The first-order chi connectivity index (χ1) is 8.02. The van der Waals surface area contributed by atoms with E-state index >= 15 is 0 Å². The van der Waals surface area contributed by atoms with Gasteiger partial charge >= 0.3 is 0 Å².